The van der Waals surface area contributed by atoms with E-state index in [-0.39, 0.29) is 29.2 Å². The van der Waals surface area contributed by atoms with Gasteiger partial charge in [-0.2, -0.15) is 0 Å². The number of aromatic nitrogens is 1. The standard InChI is InChI=1S/C29H21BrClN3O5S2/c1-14-2-7-17(8-3-14)32-21(35)13-39-20-11-6-16(31)12-19(20)22-23-25(40-26-24(22)41-29(38)33-26)28(37)34(27(23)36)18-9-4-15(30)5-10-18/h2-12,22-23,25H,13H2,1H3,(H,32,35)(H,33,38). The second kappa shape index (κ2) is 11.1. The summed E-state index contributed by atoms with van der Waals surface area (Å²) in [5.74, 6) is -2.31. The van der Waals surface area contributed by atoms with Gasteiger partial charge < -0.3 is 15.0 Å². The van der Waals surface area contributed by atoms with Crippen LogP contribution < -0.4 is 19.8 Å². The van der Waals surface area contributed by atoms with Gasteiger partial charge in [-0.05, 0) is 61.5 Å². The number of amides is 3. The molecule has 12 heteroatoms. The molecule has 4 aromatic rings. The Morgan fingerprint density at radius 3 is 2.51 bits per heavy atom. The van der Waals surface area contributed by atoms with E-state index in [0.717, 1.165) is 21.4 Å². The summed E-state index contributed by atoms with van der Waals surface area (Å²) < 4.78 is 6.80. The first-order valence-corrected chi connectivity index (χ1v) is 15.4. The zero-order valence-electron chi connectivity index (χ0n) is 21.4. The van der Waals surface area contributed by atoms with Crippen molar-refractivity contribution in [1.29, 1.82) is 0 Å². The monoisotopic (exact) mass is 669 g/mol. The molecule has 2 N–H and O–H groups in total. The van der Waals surface area contributed by atoms with E-state index in [9.17, 15) is 19.2 Å². The highest BCUT2D eigenvalue weighted by Crippen LogP contribution is 2.54. The number of anilines is 2. The number of H-pyrrole nitrogens is 1. The number of carbonyl (C=O) groups is 3. The molecule has 1 fully saturated rings. The molecule has 3 atom stereocenters. The number of imide groups is 1. The highest BCUT2D eigenvalue weighted by Gasteiger charge is 2.56. The fourth-order valence-corrected chi connectivity index (χ4v) is 8.02. The molecule has 1 saturated heterocycles. The van der Waals surface area contributed by atoms with E-state index in [2.05, 4.69) is 26.2 Å². The first kappa shape index (κ1) is 27.8. The van der Waals surface area contributed by atoms with Gasteiger partial charge in [0, 0.05) is 31.5 Å². The van der Waals surface area contributed by atoms with Crippen LogP contribution in [-0.4, -0.2) is 34.6 Å². The number of thiazole rings is 1. The normalized spacial score (nSPS) is 19.6. The van der Waals surface area contributed by atoms with E-state index in [1.165, 1.54) is 16.7 Å². The van der Waals surface area contributed by atoms with E-state index in [1.807, 2.05) is 19.1 Å². The minimum absolute atomic E-state index is 0.292. The second-order valence-electron chi connectivity index (χ2n) is 9.62. The molecule has 0 saturated carbocycles. The van der Waals surface area contributed by atoms with Crippen LogP contribution >= 0.6 is 50.6 Å². The van der Waals surface area contributed by atoms with Crippen molar-refractivity contribution in [3.8, 4) is 5.75 Å². The zero-order chi connectivity index (χ0) is 28.8. The number of aromatic amines is 1. The molecular weight excluding hydrogens is 650 g/mol. The summed E-state index contributed by atoms with van der Waals surface area (Å²) in [6, 6.07) is 19.3. The van der Waals surface area contributed by atoms with Crippen LogP contribution in [0.4, 0.5) is 11.4 Å². The number of carbonyl (C=O) groups excluding carboxylic acids is 3. The van der Waals surface area contributed by atoms with Crippen molar-refractivity contribution >= 4 is 79.7 Å². The lowest BCUT2D eigenvalue weighted by Crippen LogP contribution is -2.32. The minimum atomic E-state index is -0.822. The molecule has 3 amide bonds. The van der Waals surface area contributed by atoms with Gasteiger partial charge in [0.15, 0.2) is 6.61 Å². The zero-order valence-corrected chi connectivity index (χ0v) is 25.3. The maximum absolute atomic E-state index is 14.0. The van der Waals surface area contributed by atoms with Crippen LogP contribution in [0.2, 0.25) is 5.02 Å². The number of thioether (sulfide) groups is 1. The lowest BCUT2D eigenvalue weighted by molar-refractivity contribution is -0.122. The number of rotatable bonds is 6. The van der Waals surface area contributed by atoms with E-state index in [1.54, 1.807) is 54.6 Å². The second-order valence-corrected chi connectivity index (χ2v) is 13.1. The van der Waals surface area contributed by atoms with E-state index >= 15 is 0 Å². The molecule has 8 nitrogen and oxygen atoms in total. The third-order valence-corrected chi connectivity index (χ3v) is 10.1. The average Bonchev–Trinajstić information content (AvgIpc) is 3.44. The first-order valence-electron chi connectivity index (χ1n) is 12.5. The summed E-state index contributed by atoms with van der Waals surface area (Å²) in [7, 11) is 0. The molecule has 3 aromatic carbocycles. The Morgan fingerprint density at radius 1 is 1.05 bits per heavy atom. The molecule has 0 radical (unpaired) electrons. The topological polar surface area (TPSA) is 109 Å². The molecule has 3 heterocycles. The van der Waals surface area contributed by atoms with Crippen molar-refractivity contribution in [2.24, 2.45) is 5.92 Å². The maximum Gasteiger partial charge on any atom is 0.305 e. The molecule has 2 aliphatic rings. The summed E-state index contributed by atoms with van der Waals surface area (Å²) in [4.78, 5) is 57.2. The molecule has 1 aromatic heterocycles. The Kier molecular flexibility index (Phi) is 7.54. The van der Waals surface area contributed by atoms with Crippen molar-refractivity contribution in [3.05, 3.63) is 102 Å². The number of aryl methyl sites for hydroxylation is 1. The maximum atomic E-state index is 14.0. The number of ether oxygens (including phenoxy) is 1. The molecular formula is C29H21BrClN3O5S2. The Bertz CT molecular complexity index is 1740. The van der Waals surface area contributed by atoms with Crippen LogP contribution in [0.25, 0.3) is 0 Å². The predicted octanol–water partition coefficient (Wildman–Crippen LogP) is 5.97. The van der Waals surface area contributed by atoms with Crippen LogP contribution in [0.5, 0.6) is 5.75 Å². The molecule has 2 aliphatic heterocycles. The van der Waals surface area contributed by atoms with Gasteiger partial charge in [-0.1, -0.05) is 68.3 Å². The number of fused-ring (bicyclic) bond motifs is 2. The predicted molar refractivity (Wildman–Crippen MR) is 163 cm³/mol. The summed E-state index contributed by atoms with van der Waals surface area (Å²) in [6.45, 7) is 1.66. The molecule has 208 valence electrons. The van der Waals surface area contributed by atoms with Gasteiger partial charge in [0.05, 0.1) is 16.6 Å². The van der Waals surface area contributed by atoms with E-state index in [0.29, 0.717) is 37.6 Å². The van der Waals surface area contributed by atoms with Gasteiger partial charge in [-0.15, -0.1) is 0 Å². The van der Waals surface area contributed by atoms with Gasteiger partial charge >= 0.3 is 4.87 Å². The molecule has 0 bridgehead atoms. The van der Waals surface area contributed by atoms with Gasteiger partial charge in [0.1, 0.15) is 11.0 Å². The fraction of sp³-hybridized carbons (Fsp3) is 0.172. The van der Waals surface area contributed by atoms with Gasteiger partial charge in [-0.25, -0.2) is 4.90 Å². The summed E-state index contributed by atoms with van der Waals surface area (Å²) in [6.07, 6.45) is 0. The van der Waals surface area contributed by atoms with Gasteiger partial charge in [0.25, 0.3) is 5.91 Å². The van der Waals surface area contributed by atoms with Crippen LogP contribution in [0, 0.1) is 12.8 Å². The number of nitrogens with one attached hydrogen (secondary N) is 2. The van der Waals surface area contributed by atoms with Crippen LogP contribution in [-0.2, 0) is 14.4 Å². The molecule has 0 aliphatic carbocycles. The van der Waals surface area contributed by atoms with Crippen molar-refractivity contribution in [1.82, 2.24) is 4.98 Å². The minimum Gasteiger partial charge on any atom is -0.483 e. The highest BCUT2D eigenvalue weighted by atomic mass is 79.9. The Labute approximate surface area is 256 Å². The number of benzene rings is 3. The number of nitrogens with zero attached hydrogens (tertiary/aromatic N) is 1. The van der Waals surface area contributed by atoms with E-state index in [4.69, 9.17) is 16.3 Å². The molecule has 41 heavy (non-hydrogen) atoms. The van der Waals surface area contributed by atoms with Gasteiger partial charge in [0.2, 0.25) is 11.8 Å². The summed E-state index contributed by atoms with van der Waals surface area (Å²) in [5.41, 5.74) is 2.69. The lowest BCUT2D eigenvalue weighted by atomic mass is 9.82. The summed E-state index contributed by atoms with van der Waals surface area (Å²) in [5, 5.41) is 2.95. The van der Waals surface area contributed by atoms with Gasteiger partial charge in [-0.3, -0.25) is 19.2 Å². The highest BCUT2D eigenvalue weighted by molar-refractivity contribution is 9.10. The van der Waals surface area contributed by atoms with Crippen LogP contribution in [0.3, 0.4) is 0 Å². The number of hydrogen-bond donors (Lipinski definition) is 2. The fourth-order valence-electron chi connectivity index (χ4n) is 5.07. The SMILES string of the molecule is Cc1ccc(NC(=O)COc2ccc(Cl)cc2C2c3sc(=O)[nH]c3SC3C(=O)N(c4ccc(Br)cc4)C(=O)C32)cc1. The quantitative estimate of drug-likeness (QED) is 0.245. The Balaban J connectivity index is 1.36. The third-order valence-electron chi connectivity index (χ3n) is 6.91. The van der Waals surface area contributed by atoms with E-state index < -0.39 is 17.1 Å². The number of halogens is 2. The van der Waals surface area contributed by atoms with Crippen molar-refractivity contribution in [3.63, 3.8) is 0 Å². The molecule has 0 spiro atoms. The molecule has 6 rings (SSSR count). The van der Waals surface area contributed by atoms with Crippen molar-refractivity contribution in [2.45, 2.75) is 23.1 Å². The largest absolute Gasteiger partial charge is 0.483 e. The first-order chi connectivity index (χ1) is 19.7. The van der Waals surface area contributed by atoms with Crippen molar-refractivity contribution < 1.29 is 19.1 Å². The Morgan fingerprint density at radius 2 is 1.78 bits per heavy atom. The molecule has 3 unspecified atom stereocenters. The van der Waals surface area contributed by atoms with Crippen LogP contribution in [0.1, 0.15) is 21.9 Å². The smallest absolute Gasteiger partial charge is 0.305 e. The third kappa shape index (κ3) is 5.34. The average molecular weight is 671 g/mol. The Hall–Kier alpha value is -3.38. The summed E-state index contributed by atoms with van der Waals surface area (Å²) >= 11 is 12.0. The lowest BCUT2D eigenvalue weighted by Gasteiger charge is -2.31. The number of hydrogen-bond acceptors (Lipinski definition) is 7. The van der Waals surface area contributed by atoms with Crippen LogP contribution in [0.15, 0.2) is 81.0 Å². The van der Waals surface area contributed by atoms with Crippen molar-refractivity contribution in [2.75, 3.05) is 16.8 Å².